The minimum atomic E-state index is -0.451. The minimum absolute atomic E-state index is 0.0282. The van der Waals surface area contributed by atoms with Gasteiger partial charge in [0.15, 0.2) is 0 Å². The molecule has 0 radical (unpaired) electrons. The van der Waals surface area contributed by atoms with Gasteiger partial charge < -0.3 is 15.5 Å². The van der Waals surface area contributed by atoms with E-state index in [0.29, 0.717) is 12.3 Å². The molecule has 0 saturated heterocycles. The van der Waals surface area contributed by atoms with Crippen molar-refractivity contribution in [3.63, 3.8) is 0 Å². The number of carbonyl (C=O) groups is 1. The lowest BCUT2D eigenvalue weighted by molar-refractivity contribution is -0.133. The normalized spacial score (nSPS) is 12.9. The summed E-state index contributed by atoms with van der Waals surface area (Å²) in [5, 5.41) is 0. The van der Waals surface area contributed by atoms with Crippen molar-refractivity contribution in [2.24, 2.45) is 11.7 Å². The summed E-state index contributed by atoms with van der Waals surface area (Å²) < 4.78 is 0. The molecule has 0 spiro atoms. The molecule has 1 atom stereocenters. The quantitative estimate of drug-likeness (QED) is 0.643. The Morgan fingerprint density at radius 2 is 1.94 bits per heavy atom. The number of likely N-dealkylation sites (N-methyl/N-ethyl adjacent to an activating group) is 1. The monoisotopic (exact) mass is 241 g/mol. The van der Waals surface area contributed by atoms with E-state index in [9.17, 15) is 4.79 Å². The van der Waals surface area contributed by atoms with Crippen LogP contribution in [0.1, 0.15) is 20.3 Å². The van der Waals surface area contributed by atoms with Gasteiger partial charge in [0, 0.05) is 19.6 Å². The first-order valence-corrected chi connectivity index (χ1v) is 6.18. The van der Waals surface area contributed by atoms with E-state index >= 15 is 0 Å². The van der Waals surface area contributed by atoms with Crippen LogP contribution < -0.4 is 5.73 Å². The van der Waals surface area contributed by atoms with Crippen molar-refractivity contribution < 1.29 is 4.79 Å². The molecule has 1 unspecified atom stereocenters. The van der Waals surface area contributed by atoms with Gasteiger partial charge in [0.25, 0.3) is 0 Å². The van der Waals surface area contributed by atoms with Gasteiger partial charge in [-0.3, -0.25) is 4.79 Å². The Morgan fingerprint density at radius 3 is 2.35 bits per heavy atom. The number of nitrogens with two attached hydrogens (primary N) is 1. The van der Waals surface area contributed by atoms with Gasteiger partial charge >= 0.3 is 0 Å². The summed E-state index contributed by atoms with van der Waals surface area (Å²) in [6.07, 6.45) is 2.23. The van der Waals surface area contributed by atoms with Gasteiger partial charge in [-0.05, 0) is 26.4 Å². The Hall–Kier alpha value is -0.870. The maximum absolute atomic E-state index is 12.1. The van der Waals surface area contributed by atoms with Gasteiger partial charge in [0.1, 0.15) is 0 Å². The number of hydrogen-bond acceptors (Lipinski definition) is 3. The van der Waals surface area contributed by atoms with Crippen LogP contribution in [0.5, 0.6) is 0 Å². The zero-order chi connectivity index (χ0) is 13.4. The Kier molecular flexibility index (Phi) is 7.83. The van der Waals surface area contributed by atoms with Crippen LogP contribution in [0.15, 0.2) is 12.7 Å². The van der Waals surface area contributed by atoms with E-state index in [1.165, 1.54) is 0 Å². The zero-order valence-electron chi connectivity index (χ0n) is 11.6. The zero-order valence-corrected chi connectivity index (χ0v) is 11.6. The van der Waals surface area contributed by atoms with Crippen LogP contribution in [0.2, 0.25) is 0 Å². The molecule has 0 rings (SSSR count). The Labute approximate surface area is 105 Å². The number of rotatable bonds is 8. The average Bonchev–Trinajstić information content (AvgIpc) is 2.22. The van der Waals surface area contributed by atoms with Crippen molar-refractivity contribution in [2.45, 2.75) is 26.3 Å². The lowest BCUT2D eigenvalue weighted by Crippen LogP contribution is -2.47. The third kappa shape index (κ3) is 7.13. The molecule has 0 aliphatic carbocycles. The lowest BCUT2D eigenvalue weighted by atomic mass is 10.1. The molecule has 0 aromatic carbocycles. The standard InChI is InChI=1S/C13H27N3O/c1-6-7-12(14)13(17)16(10-11(2)3)9-8-15(4)5/h6,11-12H,1,7-10,14H2,2-5H3. The topological polar surface area (TPSA) is 49.6 Å². The van der Waals surface area contributed by atoms with E-state index in [4.69, 9.17) is 5.73 Å². The number of carbonyl (C=O) groups excluding carboxylic acids is 1. The van der Waals surface area contributed by atoms with Crippen molar-refractivity contribution in [3.05, 3.63) is 12.7 Å². The molecular weight excluding hydrogens is 214 g/mol. The fraction of sp³-hybridized carbons (Fsp3) is 0.769. The SMILES string of the molecule is C=CCC(N)C(=O)N(CCN(C)C)CC(C)C. The maximum atomic E-state index is 12.1. The number of nitrogens with zero attached hydrogens (tertiary/aromatic N) is 2. The fourth-order valence-corrected chi connectivity index (χ4v) is 1.57. The first-order chi connectivity index (χ1) is 7.88. The molecule has 1 amide bonds. The maximum Gasteiger partial charge on any atom is 0.239 e. The van der Waals surface area contributed by atoms with E-state index < -0.39 is 6.04 Å². The van der Waals surface area contributed by atoms with E-state index in [0.717, 1.165) is 19.6 Å². The van der Waals surface area contributed by atoms with Gasteiger partial charge in [-0.1, -0.05) is 19.9 Å². The second kappa shape index (κ2) is 8.25. The number of hydrogen-bond donors (Lipinski definition) is 1. The van der Waals surface area contributed by atoms with E-state index in [-0.39, 0.29) is 5.91 Å². The molecule has 4 heteroatoms. The van der Waals surface area contributed by atoms with Crippen molar-refractivity contribution in [1.29, 1.82) is 0 Å². The molecule has 2 N–H and O–H groups in total. The molecule has 4 nitrogen and oxygen atoms in total. The van der Waals surface area contributed by atoms with E-state index in [1.54, 1.807) is 6.08 Å². The third-order valence-electron chi connectivity index (χ3n) is 2.45. The second-order valence-corrected chi connectivity index (χ2v) is 5.11. The fourth-order valence-electron chi connectivity index (χ4n) is 1.57. The van der Waals surface area contributed by atoms with E-state index in [1.807, 2.05) is 19.0 Å². The van der Waals surface area contributed by atoms with Gasteiger partial charge in [0.2, 0.25) is 5.91 Å². The van der Waals surface area contributed by atoms with Crippen LogP contribution in [0.3, 0.4) is 0 Å². The summed E-state index contributed by atoms with van der Waals surface area (Å²) in [4.78, 5) is 16.0. The predicted octanol–water partition coefficient (Wildman–Crippen LogP) is 0.936. The predicted molar refractivity (Wildman–Crippen MR) is 72.8 cm³/mol. The summed E-state index contributed by atoms with van der Waals surface area (Å²) in [5.74, 6) is 0.484. The Morgan fingerprint density at radius 1 is 1.35 bits per heavy atom. The highest BCUT2D eigenvalue weighted by Gasteiger charge is 2.20. The summed E-state index contributed by atoms with van der Waals surface area (Å²) in [6, 6.07) is -0.451. The largest absolute Gasteiger partial charge is 0.340 e. The molecule has 0 aromatic heterocycles. The molecule has 0 bridgehead atoms. The minimum Gasteiger partial charge on any atom is -0.340 e. The highest BCUT2D eigenvalue weighted by Crippen LogP contribution is 2.03. The number of amides is 1. The highest BCUT2D eigenvalue weighted by atomic mass is 16.2. The Bertz CT molecular complexity index is 239. The molecule has 0 heterocycles. The third-order valence-corrected chi connectivity index (χ3v) is 2.45. The van der Waals surface area contributed by atoms with Crippen LogP contribution >= 0.6 is 0 Å². The van der Waals surface area contributed by atoms with Crippen LogP contribution in [0.4, 0.5) is 0 Å². The van der Waals surface area contributed by atoms with Crippen LogP contribution in [0, 0.1) is 5.92 Å². The molecular formula is C13H27N3O. The first kappa shape index (κ1) is 16.1. The van der Waals surface area contributed by atoms with Gasteiger partial charge in [0.05, 0.1) is 6.04 Å². The first-order valence-electron chi connectivity index (χ1n) is 6.18. The summed E-state index contributed by atoms with van der Waals surface area (Å²) in [5.41, 5.74) is 5.83. The summed E-state index contributed by atoms with van der Waals surface area (Å²) >= 11 is 0. The van der Waals surface area contributed by atoms with Gasteiger partial charge in [-0.15, -0.1) is 6.58 Å². The van der Waals surface area contributed by atoms with Gasteiger partial charge in [-0.25, -0.2) is 0 Å². The van der Waals surface area contributed by atoms with Crippen molar-refractivity contribution >= 4 is 5.91 Å². The van der Waals surface area contributed by atoms with E-state index in [2.05, 4.69) is 25.3 Å². The average molecular weight is 241 g/mol. The highest BCUT2D eigenvalue weighted by molar-refractivity contribution is 5.81. The smallest absolute Gasteiger partial charge is 0.239 e. The van der Waals surface area contributed by atoms with Crippen LogP contribution in [-0.4, -0.2) is 55.5 Å². The van der Waals surface area contributed by atoms with Crippen LogP contribution in [0.25, 0.3) is 0 Å². The molecule has 0 saturated carbocycles. The summed E-state index contributed by atoms with van der Waals surface area (Å²) in [6.45, 7) is 10.2. The molecule has 100 valence electrons. The molecule has 0 aliphatic heterocycles. The molecule has 0 aliphatic rings. The summed E-state index contributed by atoms with van der Waals surface area (Å²) in [7, 11) is 4.00. The molecule has 0 aromatic rings. The Balaban J connectivity index is 4.43. The second-order valence-electron chi connectivity index (χ2n) is 5.11. The van der Waals surface area contributed by atoms with Crippen molar-refractivity contribution in [2.75, 3.05) is 33.7 Å². The van der Waals surface area contributed by atoms with Crippen molar-refractivity contribution in [3.8, 4) is 0 Å². The van der Waals surface area contributed by atoms with Crippen molar-refractivity contribution in [1.82, 2.24) is 9.80 Å². The molecule has 0 fully saturated rings. The lowest BCUT2D eigenvalue weighted by Gasteiger charge is -2.28. The molecule has 17 heavy (non-hydrogen) atoms. The van der Waals surface area contributed by atoms with Gasteiger partial charge in [-0.2, -0.15) is 0 Å². The van der Waals surface area contributed by atoms with Crippen LogP contribution in [-0.2, 0) is 4.79 Å².